The fraction of sp³-hybridized carbons (Fsp3) is 0.286. The third kappa shape index (κ3) is 4.22. The number of amides is 2. The first-order valence-electron chi connectivity index (χ1n) is 12.6. The Morgan fingerprint density at radius 3 is 2.49 bits per heavy atom. The third-order valence-electron chi connectivity index (χ3n) is 7.29. The molecule has 4 aromatic rings. The van der Waals surface area contributed by atoms with E-state index in [-0.39, 0.29) is 34.8 Å². The summed E-state index contributed by atoms with van der Waals surface area (Å²) in [6.45, 7) is 1.83. The molecule has 0 saturated heterocycles. The van der Waals surface area contributed by atoms with Gasteiger partial charge in [0.05, 0.1) is 23.2 Å². The van der Waals surface area contributed by atoms with E-state index in [1.54, 1.807) is 18.2 Å². The van der Waals surface area contributed by atoms with Crippen LogP contribution in [0.3, 0.4) is 0 Å². The molecule has 1 aliphatic heterocycles. The van der Waals surface area contributed by atoms with E-state index in [0.29, 0.717) is 23.7 Å². The number of nitrogens with one attached hydrogen (secondary N) is 1. The number of aromatic nitrogens is 2. The quantitative estimate of drug-likeness (QED) is 0.368. The molecular weight excluding hydrogens is 520 g/mol. The lowest BCUT2D eigenvalue weighted by Crippen LogP contribution is -2.46. The minimum absolute atomic E-state index is 0.00178. The number of pyridine rings is 1. The Kier molecular flexibility index (Phi) is 5.91. The van der Waals surface area contributed by atoms with Crippen LogP contribution in [-0.4, -0.2) is 59.7 Å². The predicted molar refractivity (Wildman–Crippen MR) is 143 cm³/mol. The van der Waals surface area contributed by atoms with Crippen LogP contribution in [-0.2, 0) is 30.7 Å². The van der Waals surface area contributed by atoms with E-state index in [4.69, 9.17) is 4.74 Å². The number of hydrogen-bond donors (Lipinski definition) is 1. The molecule has 0 radical (unpaired) electrons. The van der Waals surface area contributed by atoms with Crippen molar-refractivity contribution in [1.29, 1.82) is 0 Å². The molecule has 1 atom stereocenters. The Morgan fingerprint density at radius 1 is 1.08 bits per heavy atom. The molecule has 200 valence electrons. The smallest absolute Gasteiger partial charge is 0.356 e. The van der Waals surface area contributed by atoms with Gasteiger partial charge in [0.15, 0.2) is 15.9 Å². The zero-order valence-electron chi connectivity index (χ0n) is 21.4. The largest absolute Gasteiger partial charge is 0.464 e. The van der Waals surface area contributed by atoms with E-state index in [0.717, 1.165) is 16.5 Å². The van der Waals surface area contributed by atoms with Crippen molar-refractivity contribution in [3.63, 3.8) is 0 Å². The minimum Gasteiger partial charge on any atom is -0.464 e. The maximum absolute atomic E-state index is 13.9. The van der Waals surface area contributed by atoms with E-state index < -0.39 is 33.6 Å². The highest BCUT2D eigenvalue weighted by Gasteiger charge is 2.45. The van der Waals surface area contributed by atoms with E-state index in [1.807, 2.05) is 35.8 Å². The Hall–Kier alpha value is -4.25. The molecule has 3 heterocycles. The summed E-state index contributed by atoms with van der Waals surface area (Å²) in [6.07, 6.45) is 1.43. The molecule has 39 heavy (non-hydrogen) atoms. The van der Waals surface area contributed by atoms with Gasteiger partial charge in [-0.05, 0) is 44.0 Å². The number of fused-ring (bicyclic) bond motifs is 3. The first-order valence-corrected chi connectivity index (χ1v) is 14.2. The van der Waals surface area contributed by atoms with Crippen LogP contribution in [0.4, 0.5) is 0 Å². The van der Waals surface area contributed by atoms with Gasteiger partial charge in [-0.1, -0.05) is 35.9 Å². The molecule has 1 aliphatic carbocycles. The van der Waals surface area contributed by atoms with Crippen LogP contribution >= 0.6 is 0 Å². The van der Waals surface area contributed by atoms with Crippen molar-refractivity contribution in [3.8, 4) is 0 Å². The Morgan fingerprint density at radius 2 is 1.79 bits per heavy atom. The van der Waals surface area contributed by atoms with Gasteiger partial charge in [-0.25, -0.2) is 18.2 Å². The molecule has 2 aromatic heterocycles. The topological polar surface area (TPSA) is 128 Å². The van der Waals surface area contributed by atoms with Gasteiger partial charge in [-0.15, -0.1) is 0 Å². The number of hydrogen-bond acceptors (Lipinski definition) is 7. The summed E-state index contributed by atoms with van der Waals surface area (Å²) >= 11 is 0. The van der Waals surface area contributed by atoms with Gasteiger partial charge in [0.2, 0.25) is 11.8 Å². The molecule has 11 heteroatoms. The maximum Gasteiger partial charge on any atom is 0.356 e. The van der Waals surface area contributed by atoms with Crippen molar-refractivity contribution in [2.75, 3.05) is 13.0 Å². The predicted octanol–water partition coefficient (Wildman–Crippen LogP) is 2.88. The second-order valence-corrected chi connectivity index (χ2v) is 11.9. The van der Waals surface area contributed by atoms with Gasteiger partial charge in [-0.3, -0.25) is 9.59 Å². The van der Waals surface area contributed by atoms with E-state index >= 15 is 0 Å². The lowest BCUT2D eigenvalue weighted by Gasteiger charge is -2.29. The Balaban J connectivity index is 1.49. The molecule has 0 spiro atoms. The molecule has 2 amide bonds. The van der Waals surface area contributed by atoms with Crippen molar-refractivity contribution in [2.45, 2.75) is 43.3 Å². The molecule has 1 saturated carbocycles. The number of aryl methyl sites for hydroxylation is 1. The highest BCUT2D eigenvalue weighted by Crippen LogP contribution is 2.42. The molecule has 10 nitrogen and oxygen atoms in total. The summed E-state index contributed by atoms with van der Waals surface area (Å²) < 4.78 is 32.8. The minimum atomic E-state index is -3.85. The number of carbonyl (C=O) groups excluding carboxylic acids is 3. The van der Waals surface area contributed by atoms with E-state index in [1.165, 1.54) is 24.1 Å². The van der Waals surface area contributed by atoms with E-state index in [9.17, 15) is 22.8 Å². The summed E-state index contributed by atoms with van der Waals surface area (Å²) in [5.74, 6) is -2.29. The lowest BCUT2D eigenvalue weighted by atomic mass is 10.1. The summed E-state index contributed by atoms with van der Waals surface area (Å²) in [4.78, 5) is 46.3. The van der Waals surface area contributed by atoms with E-state index in [2.05, 4.69) is 10.3 Å². The van der Waals surface area contributed by atoms with Crippen molar-refractivity contribution >= 4 is 49.4 Å². The van der Waals surface area contributed by atoms with Crippen LogP contribution in [0.2, 0.25) is 0 Å². The lowest BCUT2D eigenvalue weighted by molar-refractivity contribution is -0.141. The third-order valence-corrected chi connectivity index (χ3v) is 8.81. The molecule has 1 fully saturated rings. The zero-order valence-corrected chi connectivity index (χ0v) is 22.2. The van der Waals surface area contributed by atoms with Crippen LogP contribution < -0.4 is 5.32 Å². The zero-order chi connectivity index (χ0) is 27.5. The van der Waals surface area contributed by atoms with Crippen LogP contribution in [0.15, 0.2) is 59.5 Å². The number of carbonyl (C=O) groups is 3. The molecule has 2 aromatic carbocycles. The number of para-hydroxylation sites is 1. The standard InChI is InChI=1S/C28H26N4O6S/c1-16-7-11-18(12-8-16)39(36,37)15-29-27(34)26-24-25-20(13-21(30-24)28(35)38-2)19-5-3-4-6-22(19)31(25)14-23(33)32(26)17-9-10-17/h3-8,11-13,17,26H,9-10,14-15H2,1-2H3,(H,29,34). The Bertz CT molecular complexity index is 1770. The van der Waals surface area contributed by atoms with Crippen molar-refractivity contribution < 1.29 is 27.5 Å². The molecule has 1 N–H and O–H groups in total. The number of rotatable bonds is 6. The summed E-state index contributed by atoms with van der Waals surface area (Å²) in [6, 6.07) is 14.0. The van der Waals surface area contributed by atoms with Gasteiger partial charge < -0.3 is 19.5 Å². The molecule has 0 bridgehead atoms. The first kappa shape index (κ1) is 25.1. The summed E-state index contributed by atoms with van der Waals surface area (Å²) in [5, 5.41) is 4.01. The van der Waals surface area contributed by atoms with Crippen LogP contribution in [0, 0.1) is 6.92 Å². The van der Waals surface area contributed by atoms with Crippen LogP contribution in [0.1, 0.15) is 40.6 Å². The monoisotopic (exact) mass is 546 g/mol. The average molecular weight is 547 g/mol. The second-order valence-electron chi connectivity index (χ2n) is 9.93. The number of ether oxygens (including phenoxy) is 1. The van der Waals surface area contributed by atoms with Gasteiger partial charge in [0.1, 0.15) is 18.1 Å². The first-order chi connectivity index (χ1) is 18.7. The van der Waals surface area contributed by atoms with Crippen molar-refractivity contribution in [1.82, 2.24) is 19.8 Å². The molecule has 1 unspecified atom stereocenters. The summed E-state index contributed by atoms with van der Waals surface area (Å²) in [7, 11) is -2.60. The molecule has 2 aliphatic rings. The van der Waals surface area contributed by atoms with Crippen LogP contribution in [0.5, 0.6) is 0 Å². The fourth-order valence-corrected chi connectivity index (χ4v) is 6.32. The number of nitrogens with zero attached hydrogens (tertiary/aromatic N) is 3. The number of methoxy groups -OCH3 is 1. The number of sulfone groups is 1. The van der Waals surface area contributed by atoms with Crippen LogP contribution in [0.25, 0.3) is 21.8 Å². The van der Waals surface area contributed by atoms with Crippen molar-refractivity contribution in [3.05, 3.63) is 71.5 Å². The van der Waals surface area contributed by atoms with Gasteiger partial charge in [-0.2, -0.15) is 0 Å². The van der Waals surface area contributed by atoms with Gasteiger partial charge >= 0.3 is 5.97 Å². The van der Waals surface area contributed by atoms with Crippen molar-refractivity contribution in [2.24, 2.45) is 0 Å². The Labute approximate surface area is 224 Å². The van der Waals surface area contributed by atoms with Gasteiger partial charge in [0, 0.05) is 22.3 Å². The average Bonchev–Trinajstić information content (AvgIpc) is 3.73. The highest BCUT2D eigenvalue weighted by molar-refractivity contribution is 7.91. The summed E-state index contributed by atoms with van der Waals surface area (Å²) in [5.41, 5.74) is 2.45. The number of esters is 1. The number of benzene rings is 2. The highest BCUT2D eigenvalue weighted by atomic mass is 32.2. The second kappa shape index (κ2) is 9.19. The SMILES string of the molecule is COC(=O)c1cc2c3ccccc3n3c2c(n1)C(C(=O)NCS(=O)(=O)c1ccc(C)cc1)N(C1CC1)C(=O)C3. The van der Waals surface area contributed by atoms with Gasteiger partial charge in [0.25, 0.3) is 0 Å². The normalized spacial score (nSPS) is 17.3. The molecule has 6 rings (SSSR count). The maximum atomic E-state index is 13.9. The molecular formula is C28H26N4O6S. The fourth-order valence-electron chi connectivity index (χ4n) is 5.27.